The molecule has 0 saturated carbocycles. The maximum absolute atomic E-state index is 10.6. The van der Waals surface area contributed by atoms with Crippen molar-refractivity contribution in [2.75, 3.05) is 13.6 Å². The van der Waals surface area contributed by atoms with E-state index in [0.717, 1.165) is 0 Å². The van der Waals surface area contributed by atoms with Crippen LogP contribution in [0.4, 0.5) is 0 Å². The second kappa shape index (κ2) is 5.62. The minimum Gasteiger partial charge on any atom is -0.480 e. The number of nitrogens with zero attached hydrogens (tertiary/aromatic N) is 1. The fraction of sp³-hybridized carbons (Fsp3) is 0.667. The van der Waals surface area contributed by atoms with E-state index < -0.39 is 12.0 Å². The van der Waals surface area contributed by atoms with Crippen LogP contribution in [0.15, 0.2) is 0 Å². The van der Waals surface area contributed by atoms with Crippen LogP contribution in [0.3, 0.4) is 0 Å². The van der Waals surface area contributed by atoms with E-state index in [-0.39, 0.29) is 0 Å². The van der Waals surface area contributed by atoms with Gasteiger partial charge in [-0.2, -0.15) is 0 Å². The first-order chi connectivity index (χ1) is 5.63. The van der Waals surface area contributed by atoms with Gasteiger partial charge < -0.3 is 5.11 Å². The Morgan fingerprint density at radius 1 is 1.67 bits per heavy atom. The molecule has 1 atom stereocenters. The molecule has 0 aromatic heterocycles. The van der Waals surface area contributed by atoms with E-state index in [1.165, 1.54) is 0 Å². The minimum absolute atomic E-state index is 0.411. The maximum atomic E-state index is 10.6. The smallest absolute Gasteiger partial charge is 0.320 e. The molecule has 0 aliphatic heterocycles. The summed E-state index contributed by atoms with van der Waals surface area (Å²) in [5.74, 6) is 4.78. The third-order valence-electron chi connectivity index (χ3n) is 1.71. The van der Waals surface area contributed by atoms with Crippen LogP contribution >= 0.6 is 0 Å². The molecule has 0 spiro atoms. The fourth-order valence-corrected chi connectivity index (χ4v) is 0.989. The quantitative estimate of drug-likeness (QED) is 0.633. The largest absolute Gasteiger partial charge is 0.480 e. The van der Waals surface area contributed by atoms with Crippen LogP contribution in [0.25, 0.3) is 0 Å². The van der Waals surface area contributed by atoms with Crippen molar-refractivity contribution in [3.05, 3.63) is 0 Å². The Morgan fingerprint density at radius 2 is 2.25 bits per heavy atom. The third-order valence-corrected chi connectivity index (χ3v) is 1.71. The molecule has 0 rings (SSSR count). The van der Waals surface area contributed by atoms with Crippen LogP contribution in [0.1, 0.15) is 20.3 Å². The molecular formula is C9H15NO2. The standard InChI is InChI=1S/C9H15NO2/c1-4-6-7-10(3)8(5-2)9(11)12/h8H,5,7H2,1-3H3,(H,11,12). The van der Waals surface area contributed by atoms with E-state index in [2.05, 4.69) is 11.8 Å². The molecule has 1 N–H and O–H groups in total. The van der Waals surface area contributed by atoms with Crippen LogP contribution in [-0.2, 0) is 4.79 Å². The average molecular weight is 169 g/mol. The molecule has 0 aromatic rings. The van der Waals surface area contributed by atoms with Gasteiger partial charge in [-0.3, -0.25) is 9.69 Å². The van der Waals surface area contributed by atoms with Gasteiger partial charge >= 0.3 is 5.97 Å². The molecule has 0 amide bonds. The number of likely N-dealkylation sites (N-methyl/N-ethyl adjacent to an activating group) is 1. The Kier molecular flexibility index (Phi) is 5.14. The number of hydrogen-bond donors (Lipinski definition) is 1. The lowest BCUT2D eigenvalue weighted by Gasteiger charge is -2.20. The first kappa shape index (κ1) is 11.0. The van der Waals surface area contributed by atoms with E-state index in [0.29, 0.717) is 13.0 Å². The maximum Gasteiger partial charge on any atom is 0.320 e. The molecule has 12 heavy (non-hydrogen) atoms. The number of rotatable bonds is 4. The molecule has 68 valence electrons. The van der Waals surface area contributed by atoms with Crippen molar-refractivity contribution >= 4 is 5.97 Å². The van der Waals surface area contributed by atoms with E-state index in [1.54, 1.807) is 18.9 Å². The van der Waals surface area contributed by atoms with Crippen molar-refractivity contribution in [1.82, 2.24) is 4.90 Å². The van der Waals surface area contributed by atoms with Crippen LogP contribution in [0, 0.1) is 11.8 Å². The summed E-state index contributed by atoms with van der Waals surface area (Å²) in [6, 6.07) is -0.411. The minimum atomic E-state index is -0.780. The Hall–Kier alpha value is -1.01. The van der Waals surface area contributed by atoms with Crippen molar-refractivity contribution in [3.8, 4) is 11.8 Å². The SMILES string of the molecule is CC#CCN(C)C(CC)C(=O)O. The zero-order valence-corrected chi connectivity index (χ0v) is 7.79. The number of hydrogen-bond acceptors (Lipinski definition) is 2. The Balaban J connectivity index is 4.08. The molecule has 3 heteroatoms. The summed E-state index contributed by atoms with van der Waals surface area (Å²) in [6.07, 6.45) is 0.608. The number of carboxylic acids is 1. The molecule has 0 radical (unpaired) electrons. The Morgan fingerprint density at radius 3 is 2.58 bits per heavy atom. The van der Waals surface area contributed by atoms with Crippen LogP contribution in [0.5, 0.6) is 0 Å². The summed E-state index contributed by atoms with van der Waals surface area (Å²) < 4.78 is 0. The zero-order valence-electron chi connectivity index (χ0n) is 7.79. The highest BCUT2D eigenvalue weighted by molar-refractivity contribution is 5.73. The van der Waals surface area contributed by atoms with Crippen molar-refractivity contribution in [3.63, 3.8) is 0 Å². The summed E-state index contributed by atoms with van der Waals surface area (Å²) in [6.45, 7) is 4.12. The molecule has 0 fully saturated rings. The molecule has 0 bridgehead atoms. The molecule has 0 saturated heterocycles. The summed E-state index contributed by atoms with van der Waals surface area (Å²) >= 11 is 0. The summed E-state index contributed by atoms with van der Waals surface area (Å²) in [7, 11) is 1.77. The lowest BCUT2D eigenvalue weighted by atomic mass is 10.2. The molecule has 0 aromatic carbocycles. The van der Waals surface area contributed by atoms with Crippen LogP contribution < -0.4 is 0 Å². The highest BCUT2D eigenvalue weighted by Crippen LogP contribution is 2.00. The zero-order chi connectivity index (χ0) is 9.56. The van der Waals surface area contributed by atoms with Gasteiger partial charge in [-0.1, -0.05) is 12.8 Å². The molecule has 1 unspecified atom stereocenters. The monoisotopic (exact) mass is 169 g/mol. The highest BCUT2D eigenvalue weighted by atomic mass is 16.4. The Bertz CT molecular complexity index is 202. The number of carbonyl (C=O) groups is 1. The lowest BCUT2D eigenvalue weighted by molar-refractivity contribution is -0.142. The predicted octanol–water partition coefficient (Wildman–Crippen LogP) is 0.805. The van der Waals surface area contributed by atoms with Gasteiger partial charge in [0.2, 0.25) is 0 Å². The average Bonchev–Trinajstić information content (AvgIpc) is 2.01. The molecular weight excluding hydrogens is 154 g/mol. The van der Waals surface area contributed by atoms with E-state index >= 15 is 0 Å². The van der Waals surface area contributed by atoms with Crippen LogP contribution in [-0.4, -0.2) is 35.6 Å². The summed E-state index contributed by atoms with van der Waals surface area (Å²) in [4.78, 5) is 12.4. The van der Waals surface area contributed by atoms with Crippen molar-refractivity contribution in [2.45, 2.75) is 26.3 Å². The first-order valence-electron chi connectivity index (χ1n) is 3.96. The third kappa shape index (κ3) is 3.40. The first-order valence-corrected chi connectivity index (χ1v) is 3.96. The van der Waals surface area contributed by atoms with Crippen molar-refractivity contribution in [1.29, 1.82) is 0 Å². The topological polar surface area (TPSA) is 40.5 Å². The van der Waals surface area contributed by atoms with Gasteiger partial charge in [0.05, 0.1) is 6.54 Å². The van der Waals surface area contributed by atoms with Gasteiger partial charge in [0.25, 0.3) is 0 Å². The second-order valence-corrected chi connectivity index (χ2v) is 2.60. The van der Waals surface area contributed by atoms with E-state index in [1.807, 2.05) is 6.92 Å². The van der Waals surface area contributed by atoms with Gasteiger partial charge in [0.15, 0.2) is 0 Å². The molecule has 0 aliphatic carbocycles. The van der Waals surface area contributed by atoms with Gasteiger partial charge in [0, 0.05) is 0 Å². The summed E-state index contributed by atoms with van der Waals surface area (Å²) in [5, 5.41) is 8.75. The van der Waals surface area contributed by atoms with Crippen molar-refractivity contribution < 1.29 is 9.90 Å². The van der Waals surface area contributed by atoms with E-state index in [9.17, 15) is 4.79 Å². The Labute approximate surface area is 73.4 Å². The molecule has 3 nitrogen and oxygen atoms in total. The lowest BCUT2D eigenvalue weighted by Crippen LogP contribution is -2.38. The molecule has 0 aliphatic rings. The van der Waals surface area contributed by atoms with Gasteiger partial charge in [-0.25, -0.2) is 0 Å². The van der Waals surface area contributed by atoms with Gasteiger partial charge in [0.1, 0.15) is 6.04 Å². The van der Waals surface area contributed by atoms with Gasteiger partial charge in [-0.05, 0) is 20.4 Å². The second-order valence-electron chi connectivity index (χ2n) is 2.60. The highest BCUT2D eigenvalue weighted by Gasteiger charge is 2.18. The number of aliphatic carboxylic acids is 1. The normalized spacial score (nSPS) is 12.0. The number of carboxylic acid groups (broad SMARTS) is 1. The fourth-order valence-electron chi connectivity index (χ4n) is 0.989. The van der Waals surface area contributed by atoms with Crippen LogP contribution in [0.2, 0.25) is 0 Å². The molecule has 0 heterocycles. The van der Waals surface area contributed by atoms with E-state index in [4.69, 9.17) is 5.11 Å². The summed E-state index contributed by atoms with van der Waals surface area (Å²) in [5.41, 5.74) is 0. The van der Waals surface area contributed by atoms with Crippen molar-refractivity contribution in [2.24, 2.45) is 0 Å². The predicted molar refractivity (Wildman–Crippen MR) is 47.8 cm³/mol. The van der Waals surface area contributed by atoms with Gasteiger partial charge in [-0.15, -0.1) is 5.92 Å².